The van der Waals surface area contributed by atoms with E-state index >= 15 is 0 Å². The van der Waals surface area contributed by atoms with E-state index in [9.17, 15) is 9.59 Å². The molecule has 1 aliphatic heterocycles. The van der Waals surface area contributed by atoms with Crippen LogP contribution in [-0.2, 0) is 25.3 Å². The first kappa shape index (κ1) is 45.0. The Balaban J connectivity index is 0.000000353. The molecule has 0 saturated carbocycles. The minimum Gasteiger partial charge on any atom is -0.399 e. The van der Waals surface area contributed by atoms with E-state index in [1.54, 1.807) is 0 Å². The van der Waals surface area contributed by atoms with Crippen LogP contribution in [0.3, 0.4) is 0 Å². The molecule has 65 heavy (non-hydrogen) atoms. The van der Waals surface area contributed by atoms with Gasteiger partial charge in [0.1, 0.15) is 11.6 Å². The number of hydrogen-bond donors (Lipinski definition) is 0. The molecule has 0 radical (unpaired) electrons. The summed E-state index contributed by atoms with van der Waals surface area (Å²) in [6.07, 6.45) is 4.30. The van der Waals surface area contributed by atoms with Gasteiger partial charge in [-0.2, -0.15) is 0 Å². The fraction of sp³-hybridized carbons (Fsp3) is 0.158. The zero-order valence-electron chi connectivity index (χ0n) is 37.3. The number of carbonyl (C=O) groups is 2. The van der Waals surface area contributed by atoms with Crippen molar-refractivity contribution < 1.29 is 18.9 Å². The third kappa shape index (κ3) is 10.5. The second-order valence-corrected chi connectivity index (χ2v) is 18.2. The van der Waals surface area contributed by atoms with Crippen LogP contribution in [0.15, 0.2) is 193 Å². The van der Waals surface area contributed by atoms with Gasteiger partial charge in [0.25, 0.3) is 0 Å². The third-order valence-corrected chi connectivity index (χ3v) is 12.8. The monoisotopic (exact) mass is 916 g/mol. The highest BCUT2D eigenvalue weighted by molar-refractivity contribution is 9.10. The average Bonchev–Trinajstić information content (AvgIpc) is 3.55. The Morgan fingerprint density at radius 1 is 0.508 bits per heavy atom. The number of aromatic nitrogens is 2. The van der Waals surface area contributed by atoms with Gasteiger partial charge in [0.2, 0.25) is 0 Å². The fourth-order valence-electron chi connectivity index (χ4n) is 7.91. The van der Waals surface area contributed by atoms with Crippen molar-refractivity contribution >= 4 is 40.1 Å². The second-order valence-electron chi connectivity index (χ2n) is 17.3. The zero-order valence-corrected chi connectivity index (χ0v) is 38.9. The lowest BCUT2D eigenvalue weighted by molar-refractivity contribution is -0.125. The second kappa shape index (κ2) is 19.7. The summed E-state index contributed by atoms with van der Waals surface area (Å²) >= 11 is 3.35. The van der Waals surface area contributed by atoms with Gasteiger partial charge in [-0.05, 0) is 103 Å². The molecule has 6 aromatic carbocycles. The summed E-state index contributed by atoms with van der Waals surface area (Å²) in [6, 6.07) is 60.4. The van der Waals surface area contributed by atoms with Crippen LogP contribution in [0.2, 0.25) is 0 Å². The predicted octanol–water partition coefficient (Wildman–Crippen LogP) is 13.3. The van der Waals surface area contributed by atoms with Crippen LogP contribution < -0.4 is 5.46 Å². The van der Waals surface area contributed by atoms with Crippen LogP contribution in [0.5, 0.6) is 0 Å². The van der Waals surface area contributed by atoms with Crippen molar-refractivity contribution in [1.82, 2.24) is 9.97 Å². The van der Waals surface area contributed by atoms with Crippen molar-refractivity contribution in [3.05, 3.63) is 198 Å². The lowest BCUT2D eigenvalue weighted by Gasteiger charge is -2.32. The van der Waals surface area contributed by atoms with Crippen LogP contribution >= 0.6 is 15.9 Å². The summed E-state index contributed by atoms with van der Waals surface area (Å²) in [5.41, 5.74) is 13.7. The molecule has 9 rings (SSSR count). The van der Waals surface area contributed by atoms with Crippen molar-refractivity contribution in [3.8, 4) is 67.0 Å². The number of ketones is 2. The summed E-state index contributed by atoms with van der Waals surface area (Å²) in [5.74, 6) is -0.119. The van der Waals surface area contributed by atoms with Crippen molar-refractivity contribution in [2.75, 3.05) is 0 Å². The molecule has 0 bridgehead atoms. The van der Waals surface area contributed by atoms with Crippen molar-refractivity contribution in [2.45, 2.75) is 58.7 Å². The summed E-state index contributed by atoms with van der Waals surface area (Å²) < 4.78 is 14.2. The molecule has 1 fully saturated rings. The van der Waals surface area contributed by atoms with Gasteiger partial charge >= 0.3 is 7.12 Å². The lowest BCUT2D eigenvalue weighted by Crippen LogP contribution is -2.41. The van der Waals surface area contributed by atoms with Crippen molar-refractivity contribution in [2.24, 2.45) is 0 Å². The topological polar surface area (TPSA) is 78.4 Å². The smallest absolute Gasteiger partial charge is 0.399 e. The molecule has 0 N–H and O–H groups in total. The maximum absolute atomic E-state index is 11.3. The van der Waals surface area contributed by atoms with E-state index in [0.29, 0.717) is 6.42 Å². The van der Waals surface area contributed by atoms with Crippen LogP contribution in [0.1, 0.15) is 46.6 Å². The lowest BCUT2D eigenvalue weighted by atomic mass is 9.75. The van der Waals surface area contributed by atoms with Gasteiger partial charge in [0, 0.05) is 45.5 Å². The molecular weight excluding hydrogens is 867 g/mol. The van der Waals surface area contributed by atoms with E-state index < -0.39 is 18.3 Å². The van der Waals surface area contributed by atoms with Gasteiger partial charge in [-0.3, -0.25) is 19.6 Å². The van der Waals surface area contributed by atoms with Gasteiger partial charge in [0.15, 0.2) is 0 Å². The number of halogens is 1. The van der Waals surface area contributed by atoms with Gasteiger partial charge in [-0.1, -0.05) is 168 Å². The minimum absolute atomic E-state index is 0.0291. The Kier molecular flexibility index (Phi) is 13.6. The Morgan fingerprint density at radius 3 is 1.34 bits per heavy atom. The molecule has 1 saturated heterocycles. The maximum Gasteiger partial charge on any atom is 0.494 e. The van der Waals surface area contributed by atoms with Gasteiger partial charge in [0.05, 0.1) is 29.0 Å². The first-order valence-corrected chi connectivity index (χ1v) is 22.6. The quantitative estimate of drug-likeness (QED) is 0.0950. The SMILES string of the molecule is CC(=O)CC(=O)Cc1ccccc1Br.CC1(C)OB(c2cc(-c3ccccc3-c3ccc(-c4ccccc4)nc3)cc(-c3ccccc3-c3ccc(-c4ccccc4)nc3)c2)OC1(C)C. The first-order chi connectivity index (χ1) is 31.3. The Morgan fingerprint density at radius 2 is 0.923 bits per heavy atom. The molecule has 322 valence electrons. The number of carbonyl (C=O) groups excluding carboxylic acids is 2. The van der Waals surface area contributed by atoms with E-state index in [2.05, 4.69) is 159 Å². The summed E-state index contributed by atoms with van der Waals surface area (Å²) in [5, 5.41) is 0. The largest absolute Gasteiger partial charge is 0.494 e. The van der Waals surface area contributed by atoms with E-state index in [4.69, 9.17) is 19.3 Å². The molecule has 8 heteroatoms. The standard InChI is InChI=1S/C46H39BN2O2.C11H11BrO2/c1-45(2)46(3,4)51-47(50-45)38-28-36(41-21-13-11-19-39(41)34-23-25-43(48-30-34)32-15-7-5-8-16-32)27-37(29-38)42-22-14-12-20-40(42)35-24-26-44(49-31-35)33-17-9-6-10-18-33;1-8(13)6-10(14)7-9-4-2-3-5-11(9)12/h5-31H,1-4H3;2-5H,6-7H2,1H3. The van der Waals surface area contributed by atoms with E-state index in [1.807, 2.05) is 73.1 Å². The highest BCUT2D eigenvalue weighted by Gasteiger charge is 2.51. The fourth-order valence-corrected chi connectivity index (χ4v) is 8.34. The Bertz CT molecular complexity index is 2780. The molecule has 0 atom stereocenters. The molecule has 0 amide bonds. The van der Waals surface area contributed by atoms with Crippen LogP contribution in [0, 0.1) is 0 Å². The number of hydrogen-bond acceptors (Lipinski definition) is 6. The molecule has 0 aliphatic carbocycles. The molecule has 0 unspecified atom stereocenters. The molecule has 3 heterocycles. The highest BCUT2D eigenvalue weighted by Crippen LogP contribution is 2.40. The molecule has 0 spiro atoms. The molecule has 1 aliphatic rings. The first-order valence-electron chi connectivity index (χ1n) is 21.8. The van der Waals surface area contributed by atoms with Gasteiger partial charge < -0.3 is 9.31 Å². The van der Waals surface area contributed by atoms with Crippen LogP contribution in [0.4, 0.5) is 0 Å². The highest BCUT2D eigenvalue weighted by atomic mass is 79.9. The number of nitrogens with zero attached hydrogens (tertiary/aromatic N) is 2. The number of pyridine rings is 2. The van der Waals surface area contributed by atoms with Crippen LogP contribution in [0.25, 0.3) is 67.0 Å². The minimum atomic E-state index is -0.522. The van der Waals surface area contributed by atoms with Gasteiger partial charge in [-0.15, -0.1) is 0 Å². The number of rotatable bonds is 11. The number of benzene rings is 6. The average molecular weight is 918 g/mol. The molecule has 8 aromatic rings. The summed E-state index contributed by atoms with van der Waals surface area (Å²) in [4.78, 5) is 31.8. The molecule has 2 aromatic heterocycles. The van der Waals surface area contributed by atoms with E-state index in [1.165, 1.54) is 6.92 Å². The van der Waals surface area contributed by atoms with Crippen molar-refractivity contribution in [1.29, 1.82) is 0 Å². The molecular formula is C57H50BBrN2O4. The predicted molar refractivity (Wildman–Crippen MR) is 269 cm³/mol. The van der Waals surface area contributed by atoms with E-state index in [-0.39, 0.29) is 18.0 Å². The normalized spacial score (nSPS) is 13.7. The van der Waals surface area contributed by atoms with Gasteiger partial charge in [-0.25, -0.2) is 0 Å². The zero-order chi connectivity index (χ0) is 45.6. The maximum atomic E-state index is 11.3. The van der Waals surface area contributed by atoms with E-state index in [0.717, 1.165) is 82.5 Å². The Hall–Kier alpha value is -6.58. The third-order valence-electron chi connectivity index (χ3n) is 12.0. The summed E-state index contributed by atoms with van der Waals surface area (Å²) in [7, 11) is -0.522. The number of Topliss-reactive ketones (excluding diaryl/α,β-unsaturated/α-hetero) is 2. The molecule has 6 nitrogen and oxygen atoms in total. The van der Waals surface area contributed by atoms with Crippen LogP contribution in [-0.4, -0.2) is 39.9 Å². The van der Waals surface area contributed by atoms with Crippen molar-refractivity contribution in [3.63, 3.8) is 0 Å². The summed E-state index contributed by atoms with van der Waals surface area (Å²) in [6.45, 7) is 9.82. The Labute approximate surface area is 391 Å².